The first kappa shape index (κ1) is 27.5. The van der Waals surface area contributed by atoms with Crippen molar-refractivity contribution in [3.05, 3.63) is 57.7 Å². The molecule has 1 amide bonds. The second-order valence-electron chi connectivity index (χ2n) is 6.42. The van der Waals surface area contributed by atoms with Gasteiger partial charge >= 0.3 is 12.1 Å². The summed E-state index contributed by atoms with van der Waals surface area (Å²) in [6.07, 6.45) is -8.23. The summed E-state index contributed by atoms with van der Waals surface area (Å²) in [5, 5.41) is 2.69. The molecule has 2 aromatic rings. The first-order valence-corrected chi connectivity index (χ1v) is 13.2. The average Bonchev–Trinajstić information content (AvgIpc) is 2.63. The number of carbonyl (C=O) groups excluding carboxylic acids is 2. The van der Waals surface area contributed by atoms with Gasteiger partial charge in [0.05, 0.1) is 11.1 Å². The Hall–Kier alpha value is -0.730. The van der Waals surface area contributed by atoms with Crippen LogP contribution in [-0.4, -0.2) is 42.9 Å². The molecule has 0 saturated heterocycles. The van der Waals surface area contributed by atoms with Crippen molar-refractivity contribution in [2.24, 2.45) is 0 Å². The lowest BCUT2D eigenvalue weighted by atomic mass is 10.1. The molecule has 0 spiro atoms. The molecule has 2 N–H and O–H groups in total. The minimum absolute atomic E-state index is 0.288. The predicted molar refractivity (Wildman–Crippen MR) is 135 cm³/mol. The summed E-state index contributed by atoms with van der Waals surface area (Å²) in [6, 6.07) is 7.26. The number of hydrogen-bond acceptors (Lipinski definition) is 5. The maximum Gasteiger partial charge on any atom is 0.426 e. The van der Waals surface area contributed by atoms with Gasteiger partial charge in [-0.25, -0.2) is 4.79 Å². The van der Waals surface area contributed by atoms with Gasteiger partial charge in [0.1, 0.15) is 5.75 Å². The van der Waals surface area contributed by atoms with Crippen molar-refractivity contribution in [3.63, 3.8) is 0 Å². The number of amides is 1. The van der Waals surface area contributed by atoms with Crippen molar-refractivity contribution < 1.29 is 40.5 Å². The van der Waals surface area contributed by atoms with Gasteiger partial charge in [-0.15, -0.1) is 0 Å². The first-order valence-electron chi connectivity index (χ1n) is 8.38. The van der Waals surface area contributed by atoms with Gasteiger partial charge < -0.3 is 10.1 Å². The summed E-state index contributed by atoms with van der Waals surface area (Å²) in [6.45, 7) is 1.52. The molecule has 14 heteroatoms. The molecular formula is C18H13F3I3NO6S. The normalized spacial score (nSPS) is 12.9. The van der Waals surface area contributed by atoms with Gasteiger partial charge in [0.15, 0.2) is 0 Å². The number of anilines is 1. The van der Waals surface area contributed by atoms with Crippen LogP contribution in [0.5, 0.6) is 0 Å². The number of rotatable bonds is 6. The zero-order valence-corrected chi connectivity index (χ0v) is 23.1. The number of carbonyl (C=O) groups is 2. The van der Waals surface area contributed by atoms with Gasteiger partial charge in [-0.3, -0.25) is 9.35 Å². The molecule has 32 heavy (non-hydrogen) atoms. The third-order valence-electron chi connectivity index (χ3n) is 3.92. The van der Waals surface area contributed by atoms with Gasteiger partial charge in [-0.05, 0) is 111 Å². The van der Waals surface area contributed by atoms with Crippen molar-refractivity contribution in [2.45, 2.75) is 19.2 Å². The molecular weight excluding hydrogens is 796 g/mol. The molecule has 0 bridgehead atoms. The van der Waals surface area contributed by atoms with Crippen molar-refractivity contribution in [2.75, 3.05) is 11.1 Å². The average molecular weight is 809 g/mol. The lowest BCUT2D eigenvalue weighted by Crippen LogP contribution is -2.39. The second-order valence-corrected chi connectivity index (χ2v) is 11.4. The molecule has 2 rings (SSSR count). The number of aryl methyl sites for hydroxylation is 1. The van der Waals surface area contributed by atoms with E-state index in [1.165, 1.54) is 19.1 Å². The SMILES string of the molecule is Cc1cc(C(=O)OC(CS(=O)(=O)O)C(F)(F)F)ccc1NC(=O)c1cc(I)cc(I)c1I. The Kier molecular flexibility index (Phi) is 9.19. The number of ether oxygens (including phenoxy) is 1. The van der Waals surface area contributed by atoms with Crippen LogP contribution >= 0.6 is 67.8 Å². The molecule has 174 valence electrons. The van der Waals surface area contributed by atoms with Crippen LogP contribution in [0.3, 0.4) is 0 Å². The molecule has 1 atom stereocenters. The number of nitrogens with one attached hydrogen (secondary N) is 1. The van der Waals surface area contributed by atoms with E-state index in [0.717, 1.165) is 16.8 Å². The monoisotopic (exact) mass is 809 g/mol. The van der Waals surface area contributed by atoms with Crippen LogP contribution < -0.4 is 5.32 Å². The van der Waals surface area contributed by atoms with E-state index >= 15 is 0 Å². The quantitative estimate of drug-likeness (QED) is 0.184. The summed E-state index contributed by atoms with van der Waals surface area (Å²) in [5.41, 5.74) is 0.828. The van der Waals surface area contributed by atoms with Crippen molar-refractivity contribution in [1.29, 1.82) is 0 Å². The standard InChI is InChI=1S/C18H13F3I3NO6S/c1-8-4-9(17(27)31-14(18(19,20)21)7-32(28,29)30)2-3-13(8)25-16(26)11-5-10(22)6-12(23)15(11)24/h2-6,14H,7H2,1H3,(H,25,26)(H,28,29,30). The Bertz CT molecular complexity index is 1170. The number of halogens is 6. The van der Waals surface area contributed by atoms with E-state index in [0.29, 0.717) is 16.8 Å². The highest BCUT2D eigenvalue weighted by atomic mass is 127. The van der Waals surface area contributed by atoms with Crippen LogP contribution in [0.25, 0.3) is 0 Å². The number of alkyl halides is 3. The molecule has 0 heterocycles. The summed E-state index contributed by atoms with van der Waals surface area (Å²) < 4.78 is 76.0. The first-order chi connectivity index (χ1) is 14.6. The Morgan fingerprint density at radius 1 is 1.16 bits per heavy atom. The summed E-state index contributed by atoms with van der Waals surface area (Å²) in [4.78, 5) is 24.8. The number of hydrogen-bond donors (Lipinski definition) is 2. The molecule has 0 aliphatic rings. The van der Waals surface area contributed by atoms with E-state index in [1.807, 2.05) is 28.7 Å². The maximum absolute atomic E-state index is 13.0. The molecule has 0 fully saturated rings. The minimum atomic E-state index is -5.20. The Labute approximate surface area is 222 Å². The van der Waals surface area contributed by atoms with E-state index < -0.39 is 40.0 Å². The Morgan fingerprint density at radius 3 is 2.31 bits per heavy atom. The molecule has 7 nitrogen and oxygen atoms in total. The highest BCUT2D eigenvalue weighted by molar-refractivity contribution is 14.1. The highest BCUT2D eigenvalue weighted by Crippen LogP contribution is 2.27. The molecule has 2 aromatic carbocycles. The molecule has 0 radical (unpaired) electrons. The van der Waals surface area contributed by atoms with Crippen LogP contribution in [0, 0.1) is 17.6 Å². The summed E-state index contributed by atoms with van der Waals surface area (Å²) in [5.74, 6) is -3.66. The van der Waals surface area contributed by atoms with E-state index in [1.54, 1.807) is 6.07 Å². The fourth-order valence-corrected chi connectivity index (χ4v) is 5.47. The van der Waals surface area contributed by atoms with E-state index in [9.17, 15) is 31.2 Å². The lowest BCUT2D eigenvalue weighted by molar-refractivity contribution is -0.197. The van der Waals surface area contributed by atoms with Crippen LogP contribution in [0.15, 0.2) is 30.3 Å². The number of esters is 1. The highest BCUT2D eigenvalue weighted by Gasteiger charge is 2.45. The lowest BCUT2D eigenvalue weighted by Gasteiger charge is -2.19. The minimum Gasteiger partial charge on any atom is -0.448 e. The third-order valence-corrected chi connectivity index (χ3v) is 8.32. The van der Waals surface area contributed by atoms with Crippen molar-refractivity contribution >= 4 is 95.5 Å². The van der Waals surface area contributed by atoms with Crippen LogP contribution in [-0.2, 0) is 14.9 Å². The maximum atomic E-state index is 13.0. The van der Waals surface area contributed by atoms with Crippen LogP contribution in [0.4, 0.5) is 18.9 Å². The number of benzene rings is 2. The topological polar surface area (TPSA) is 110 Å². The molecule has 0 saturated carbocycles. The smallest absolute Gasteiger partial charge is 0.426 e. The predicted octanol–water partition coefficient (Wildman–Crippen LogP) is 5.04. The van der Waals surface area contributed by atoms with Gasteiger partial charge in [0, 0.05) is 16.4 Å². The van der Waals surface area contributed by atoms with Crippen molar-refractivity contribution in [3.8, 4) is 0 Å². The second kappa shape index (κ2) is 10.7. The Morgan fingerprint density at radius 2 is 1.78 bits per heavy atom. The fraction of sp³-hybridized carbons (Fsp3) is 0.222. The van der Waals surface area contributed by atoms with E-state index in [2.05, 4.69) is 55.2 Å². The van der Waals surface area contributed by atoms with E-state index in [4.69, 9.17) is 4.55 Å². The van der Waals surface area contributed by atoms with Gasteiger partial charge in [-0.2, -0.15) is 21.6 Å². The molecule has 1 unspecified atom stereocenters. The van der Waals surface area contributed by atoms with Crippen LogP contribution in [0.2, 0.25) is 0 Å². The third kappa shape index (κ3) is 7.66. The fourth-order valence-electron chi connectivity index (χ4n) is 2.43. The van der Waals surface area contributed by atoms with E-state index in [-0.39, 0.29) is 5.56 Å². The van der Waals surface area contributed by atoms with Gasteiger partial charge in [-0.1, -0.05) is 0 Å². The van der Waals surface area contributed by atoms with Crippen LogP contribution in [0.1, 0.15) is 26.3 Å². The van der Waals surface area contributed by atoms with Gasteiger partial charge in [0.2, 0.25) is 6.10 Å². The summed E-state index contributed by atoms with van der Waals surface area (Å²) in [7, 11) is -5.05. The van der Waals surface area contributed by atoms with Gasteiger partial charge in [0.25, 0.3) is 16.0 Å². The molecule has 0 aromatic heterocycles. The van der Waals surface area contributed by atoms with Crippen molar-refractivity contribution in [1.82, 2.24) is 0 Å². The molecule has 0 aliphatic heterocycles. The largest absolute Gasteiger partial charge is 0.448 e. The zero-order valence-electron chi connectivity index (χ0n) is 15.8. The molecule has 0 aliphatic carbocycles. The Balaban J connectivity index is 2.22. The summed E-state index contributed by atoms with van der Waals surface area (Å²) >= 11 is 6.23. The zero-order chi connectivity index (χ0) is 24.4.